The van der Waals surface area contributed by atoms with Crippen molar-refractivity contribution < 1.29 is 19.4 Å². The highest BCUT2D eigenvalue weighted by molar-refractivity contribution is 5.76. The van der Waals surface area contributed by atoms with Crippen LogP contribution in [-0.2, 0) is 14.3 Å². The van der Waals surface area contributed by atoms with E-state index in [9.17, 15) is 14.7 Å². The highest BCUT2D eigenvalue weighted by atomic mass is 16.5. The van der Waals surface area contributed by atoms with Crippen molar-refractivity contribution in [2.45, 2.75) is 96.6 Å². The molecule has 0 heterocycles. The van der Waals surface area contributed by atoms with Gasteiger partial charge < -0.3 is 20.4 Å². The molecule has 1 unspecified atom stereocenters. The van der Waals surface area contributed by atoms with Gasteiger partial charge in [0.05, 0.1) is 0 Å². The Morgan fingerprint density at radius 1 is 0.955 bits per heavy atom. The van der Waals surface area contributed by atoms with Crippen molar-refractivity contribution in [2.75, 3.05) is 0 Å². The van der Waals surface area contributed by atoms with Crippen molar-refractivity contribution in [2.24, 2.45) is 5.73 Å². The topological polar surface area (TPSA) is 92.5 Å². The first kappa shape index (κ1) is 20.9. The number of aliphatic carboxylic acids is 1. The first-order valence-corrected chi connectivity index (χ1v) is 8.67. The van der Waals surface area contributed by atoms with Gasteiger partial charge in [0.25, 0.3) is 0 Å². The fourth-order valence-corrected chi connectivity index (χ4v) is 2.31. The molecule has 5 heteroatoms. The van der Waals surface area contributed by atoms with E-state index in [1.54, 1.807) is 0 Å². The zero-order chi connectivity index (χ0) is 16.8. The van der Waals surface area contributed by atoms with E-state index in [0.717, 1.165) is 38.5 Å². The van der Waals surface area contributed by atoms with E-state index in [2.05, 4.69) is 13.8 Å². The quantitative estimate of drug-likeness (QED) is 0.392. The highest BCUT2D eigenvalue weighted by Gasteiger charge is 2.19. The van der Waals surface area contributed by atoms with Gasteiger partial charge in [0, 0.05) is 5.97 Å². The van der Waals surface area contributed by atoms with Crippen LogP contribution >= 0.6 is 0 Å². The molecule has 2 N–H and O–H groups in total. The minimum Gasteiger partial charge on any atom is -0.550 e. The van der Waals surface area contributed by atoms with Crippen LogP contribution in [0, 0.1) is 0 Å². The molecule has 5 nitrogen and oxygen atoms in total. The average Bonchev–Trinajstić information content (AvgIpc) is 2.49. The van der Waals surface area contributed by atoms with Crippen molar-refractivity contribution >= 4 is 11.9 Å². The summed E-state index contributed by atoms with van der Waals surface area (Å²) >= 11 is 0. The lowest BCUT2D eigenvalue weighted by Crippen LogP contribution is -2.36. The van der Waals surface area contributed by atoms with Gasteiger partial charge in [-0.15, -0.1) is 0 Å². The second-order valence-electron chi connectivity index (χ2n) is 5.92. The molecule has 0 amide bonds. The third kappa shape index (κ3) is 11.5. The van der Waals surface area contributed by atoms with Crippen molar-refractivity contribution in [3.05, 3.63) is 0 Å². The third-order valence-corrected chi connectivity index (χ3v) is 3.75. The number of carbonyl (C=O) groups is 2. The molecule has 2 atom stereocenters. The van der Waals surface area contributed by atoms with Crippen molar-refractivity contribution in [3.63, 3.8) is 0 Å². The van der Waals surface area contributed by atoms with E-state index in [1.165, 1.54) is 19.3 Å². The summed E-state index contributed by atoms with van der Waals surface area (Å²) in [5.74, 6) is -1.68. The van der Waals surface area contributed by atoms with Crippen molar-refractivity contribution in [1.29, 1.82) is 0 Å². The van der Waals surface area contributed by atoms with Gasteiger partial charge in [-0.25, -0.2) is 0 Å². The zero-order valence-corrected chi connectivity index (χ0v) is 14.1. The lowest BCUT2D eigenvalue weighted by molar-refractivity contribution is -0.305. The Morgan fingerprint density at radius 2 is 1.55 bits per heavy atom. The summed E-state index contributed by atoms with van der Waals surface area (Å²) in [5.41, 5.74) is 5.67. The Labute approximate surface area is 134 Å². The van der Waals surface area contributed by atoms with E-state index < -0.39 is 18.0 Å². The average molecular weight is 314 g/mol. The van der Waals surface area contributed by atoms with E-state index in [-0.39, 0.29) is 18.9 Å². The van der Waals surface area contributed by atoms with Crippen LogP contribution in [0.5, 0.6) is 0 Å². The Bertz CT molecular complexity index is 307. The van der Waals surface area contributed by atoms with Gasteiger partial charge in [-0.1, -0.05) is 52.4 Å². The number of unbranched alkanes of at least 4 members (excludes halogenated alkanes) is 5. The molecule has 0 aromatic rings. The second kappa shape index (κ2) is 13.6. The maximum Gasteiger partial charge on any atom is 0.323 e. The SMILES string of the molecule is CCCCCCCC(CCCC)OC(=O)[C@@H](N)CCC(=O)[O-]. The number of esters is 1. The van der Waals surface area contributed by atoms with Crippen LogP contribution in [0.4, 0.5) is 0 Å². The summed E-state index contributed by atoms with van der Waals surface area (Å²) in [6.45, 7) is 4.28. The predicted octanol–water partition coefficient (Wildman–Crippen LogP) is 2.31. The van der Waals surface area contributed by atoms with E-state index in [4.69, 9.17) is 10.5 Å². The molecule has 0 saturated carbocycles. The number of hydrogen-bond donors (Lipinski definition) is 1. The molecule has 0 rings (SSSR count). The van der Waals surface area contributed by atoms with Gasteiger partial charge in [0.15, 0.2) is 0 Å². The molecule has 0 saturated heterocycles. The van der Waals surface area contributed by atoms with Crippen LogP contribution in [-0.4, -0.2) is 24.1 Å². The molecule has 0 aliphatic heterocycles. The van der Waals surface area contributed by atoms with E-state index in [0.29, 0.717) is 0 Å². The molecule has 0 bridgehead atoms. The lowest BCUT2D eigenvalue weighted by Gasteiger charge is -2.20. The van der Waals surface area contributed by atoms with Crippen LogP contribution < -0.4 is 10.8 Å². The number of carbonyl (C=O) groups excluding carboxylic acids is 2. The normalized spacial score (nSPS) is 13.6. The van der Waals surface area contributed by atoms with Gasteiger partial charge in [-0.3, -0.25) is 4.79 Å². The zero-order valence-electron chi connectivity index (χ0n) is 14.1. The number of rotatable bonds is 14. The fourth-order valence-electron chi connectivity index (χ4n) is 2.31. The molecular formula is C17H32NO4-. The molecular weight excluding hydrogens is 282 g/mol. The summed E-state index contributed by atoms with van der Waals surface area (Å²) in [4.78, 5) is 22.3. The molecule has 0 fully saturated rings. The van der Waals surface area contributed by atoms with E-state index >= 15 is 0 Å². The summed E-state index contributed by atoms with van der Waals surface area (Å²) < 4.78 is 5.48. The first-order valence-electron chi connectivity index (χ1n) is 8.67. The Kier molecular flexibility index (Phi) is 12.9. The molecule has 130 valence electrons. The monoisotopic (exact) mass is 314 g/mol. The first-order chi connectivity index (χ1) is 10.5. The third-order valence-electron chi connectivity index (χ3n) is 3.75. The second-order valence-corrected chi connectivity index (χ2v) is 5.92. The van der Waals surface area contributed by atoms with Crippen LogP contribution in [0.15, 0.2) is 0 Å². The number of carboxylic acid groups (broad SMARTS) is 1. The Balaban J connectivity index is 4.13. The molecule has 0 aromatic heterocycles. The minimum absolute atomic E-state index is 0.0676. The number of hydrogen-bond acceptors (Lipinski definition) is 5. The smallest absolute Gasteiger partial charge is 0.323 e. The maximum absolute atomic E-state index is 11.9. The number of ether oxygens (including phenoxy) is 1. The maximum atomic E-state index is 11.9. The molecule has 22 heavy (non-hydrogen) atoms. The number of carboxylic acids is 1. The van der Waals surface area contributed by atoms with Crippen LogP contribution in [0.25, 0.3) is 0 Å². The largest absolute Gasteiger partial charge is 0.550 e. The Hall–Kier alpha value is -1.10. The van der Waals surface area contributed by atoms with Crippen molar-refractivity contribution in [1.82, 2.24) is 0 Å². The number of nitrogens with two attached hydrogens (primary N) is 1. The van der Waals surface area contributed by atoms with Gasteiger partial charge in [-0.05, 0) is 32.1 Å². The standard InChI is InChI=1S/C17H33NO4/c1-3-5-7-8-9-11-14(10-6-4-2)22-17(21)15(18)12-13-16(19)20/h14-15H,3-13,18H2,1-2H3,(H,19,20)/p-1/t14?,15-/m0/s1. The molecule has 0 aromatic carbocycles. The van der Waals surface area contributed by atoms with Crippen molar-refractivity contribution in [3.8, 4) is 0 Å². The van der Waals surface area contributed by atoms with Crippen LogP contribution in [0.3, 0.4) is 0 Å². The molecule has 0 aliphatic carbocycles. The predicted molar refractivity (Wildman–Crippen MR) is 85.0 cm³/mol. The lowest BCUT2D eigenvalue weighted by atomic mass is 10.0. The van der Waals surface area contributed by atoms with Gasteiger partial charge >= 0.3 is 5.97 Å². The summed E-state index contributed by atoms with van der Waals surface area (Å²) in [7, 11) is 0. The fraction of sp³-hybridized carbons (Fsp3) is 0.882. The van der Waals surface area contributed by atoms with Crippen LogP contribution in [0.1, 0.15) is 84.5 Å². The summed E-state index contributed by atoms with van der Waals surface area (Å²) in [6, 6.07) is -0.873. The Morgan fingerprint density at radius 3 is 2.14 bits per heavy atom. The minimum atomic E-state index is -1.19. The van der Waals surface area contributed by atoms with Gasteiger partial charge in [-0.2, -0.15) is 0 Å². The van der Waals surface area contributed by atoms with Gasteiger partial charge in [0.2, 0.25) is 0 Å². The van der Waals surface area contributed by atoms with E-state index in [1.807, 2.05) is 0 Å². The van der Waals surface area contributed by atoms with Gasteiger partial charge in [0.1, 0.15) is 12.1 Å². The highest BCUT2D eigenvalue weighted by Crippen LogP contribution is 2.15. The molecule has 0 aliphatic rings. The molecule has 0 radical (unpaired) electrons. The van der Waals surface area contributed by atoms with Crippen LogP contribution in [0.2, 0.25) is 0 Å². The molecule has 0 spiro atoms. The summed E-state index contributed by atoms with van der Waals surface area (Å²) in [6.07, 6.45) is 9.42. The summed E-state index contributed by atoms with van der Waals surface area (Å²) in [5, 5.41) is 10.4.